The maximum atomic E-state index is 11.2. The fourth-order valence-electron chi connectivity index (χ4n) is 1.67. The van der Waals surface area contributed by atoms with Crippen LogP contribution in [0.4, 0.5) is 5.69 Å². The third-order valence-corrected chi connectivity index (χ3v) is 3.36. The number of hydrogen-bond acceptors (Lipinski definition) is 3. The van der Waals surface area contributed by atoms with E-state index < -0.39 is 5.24 Å². The fourth-order valence-corrected chi connectivity index (χ4v) is 2.28. The van der Waals surface area contributed by atoms with Gasteiger partial charge in [0, 0.05) is 16.6 Å². The summed E-state index contributed by atoms with van der Waals surface area (Å²) in [4.78, 5) is 13.3. The predicted octanol–water partition coefficient (Wildman–Crippen LogP) is 3.25. The van der Waals surface area contributed by atoms with Crippen molar-refractivity contribution in [3.63, 3.8) is 0 Å². The number of nitrogens with zero attached hydrogens (tertiary/aromatic N) is 1. The molecule has 0 unspecified atom stereocenters. The summed E-state index contributed by atoms with van der Waals surface area (Å²) in [5, 5.41) is -0.468. The maximum absolute atomic E-state index is 11.2. The van der Waals surface area contributed by atoms with Gasteiger partial charge in [0.05, 0.1) is 5.69 Å². The van der Waals surface area contributed by atoms with Crippen LogP contribution in [0, 0.1) is 0 Å². The highest BCUT2D eigenvalue weighted by atomic mass is 79.9. The van der Waals surface area contributed by atoms with Gasteiger partial charge in [0.1, 0.15) is 0 Å². The molecule has 94 valence electrons. The van der Waals surface area contributed by atoms with Gasteiger partial charge in [0.25, 0.3) is 5.24 Å². The Hall–Kier alpha value is -0.580. The molecule has 0 radical (unpaired) electrons. The van der Waals surface area contributed by atoms with Gasteiger partial charge in [-0.3, -0.25) is 4.79 Å². The number of carbonyl (C=O) groups excluding carboxylic acids is 1. The first kappa shape index (κ1) is 14.5. The minimum Gasteiger partial charge on any atom is -0.398 e. The summed E-state index contributed by atoms with van der Waals surface area (Å²) in [6.07, 6.45) is 1.08. The van der Waals surface area contributed by atoms with Gasteiger partial charge in [0.2, 0.25) is 0 Å². The van der Waals surface area contributed by atoms with E-state index in [1.807, 2.05) is 7.05 Å². The Balaban J connectivity index is 3.01. The average Bonchev–Trinajstić information content (AvgIpc) is 2.24. The van der Waals surface area contributed by atoms with E-state index in [9.17, 15) is 4.79 Å². The molecule has 3 nitrogen and oxygen atoms in total. The van der Waals surface area contributed by atoms with Crippen molar-refractivity contribution in [1.29, 1.82) is 0 Å². The van der Waals surface area contributed by atoms with Crippen LogP contribution in [-0.4, -0.2) is 23.7 Å². The van der Waals surface area contributed by atoms with Crippen LogP contribution in [0.1, 0.15) is 29.3 Å². The number of anilines is 1. The quantitative estimate of drug-likeness (QED) is 0.669. The molecule has 2 N–H and O–H groups in total. The van der Waals surface area contributed by atoms with Crippen molar-refractivity contribution in [3.05, 3.63) is 27.7 Å². The lowest BCUT2D eigenvalue weighted by Crippen LogP contribution is -2.19. The monoisotopic (exact) mass is 318 g/mol. The highest BCUT2D eigenvalue weighted by Gasteiger charge is 2.11. The summed E-state index contributed by atoms with van der Waals surface area (Å²) in [5.41, 5.74) is 8.01. The minimum atomic E-state index is -0.468. The Kier molecular flexibility index (Phi) is 5.43. The second-order valence-electron chi connectivity index (χ2n) is 4.04. The molecule has 0 bridgehead atoms. The van der Waals surface area contributed by atoms with Gasteiger partial charge in [-0.1, -0.05) is 6.92 Å². The van der Waals surface area contributed by atoms with Crippen molar-refractivity contribution in [2.45, 2.75) is 19.9 Å². The molecule has 5 heteroatoms. The van der Waals surface area contributed by atoms with E-state index in [-0.39, 0.29) is 0 Å². The molecule has 0 spiro atoms. The standard InChI is InChI=1S/C12H16BrClN2O/c1-3-4-16(2)7-9-5-8(12(14)17)6-10(13)11(9)15/h5-6H,3-4,7,15H2,1-2H3. The number of halogens is 2. The number of rotatable bonds is 5. The van der Waals surface area contributed by atoms with Gasteiger partial charge in [0.15, 0.2) is 0 Å². The van der Waals surface area contributed by atoms with Crippen LogP contribution in [0.2, 0.25) is 0 Å². The van der Waals surface area contributed by atoms with Gasteiger partial charge in [-0.05, 0) is 65.2 Å². The first-order chi connectivity index (χ1) is 7.95. The number of benzene rings is 1. The van der Waals surface area contributed by atoms with Gasteiger partial charge >= 0.3 is 0 Å². The molecule has 0 atom stereocenters. The molecule has 1 aromatic carbocycles. The van der Waals surface area contributed by atoms with E-state index in [1.165, 1.54) is 0 Å². The van der Waals surface area contributed by atoms with Crippen molar-refractivity contribution in [2.24, 2.45) is 0 Å². The molecule has 17 heavy (non-hydrogen) atoms. The summed E-state index contributed by atoms with van der Waals surface area (Å²) in [6, 6.07) is 3.40. The van der Waals surface area contributed by atoms with E-state index >= 15 is 0 Å². The highest BCUT2D eigenvalue weighted by Crippen LogP contribution is 2.27. The van der Waals surface area contributed by atoms with Crippen LogP contribution in [0.3, 0.4) is 0 Å². The molecular formula is C12H16BrClN2O. The lowest BCUT2D eigenvalue weighted by molar-refractivity contribution is 0.108. The zero-order chi connectivity index (χ0) is 13.0. The Bertz CT molecular complexity index is 423. The molecule has 0 amide bonds. The lowest BCUT2D eigenvalue weighted by atomic mass is 10.1. The number of hydrogen-bond donors (Lipinski definition) is 1. The summed E-state index contributed by atoms with van der Waals surface area (Å²) >= 11 is 8.82. The largest absolute Gasteiger partial charge is 0.398 e. The maximum Gasteiger partial charge on any atom is 0.252 e. The van der Waals surface area contributed by atoms with Crippen LogP contribution in [0.5, 0.6) is 0 Å². The zero-order valence-corrected chi connectivity index (χ0v) is 12.3. The van der Waals surface area contributed by atoms with Gasteiger partial charge in [-0.25, -0.2) is 0 Å². The fraction of sp³-hybridized carbons (Fsp3) is 0.417. The smallest absolute Gasteiger partial charge is 0.252 e. The van der Waals surface area contributed by atoms with E-state index in [0.717, 1.165) is 18.5 Å². The predicted molar refractivity (Wildman–Crippen MR) is 75.4 cm³/mol. The van der Waals surface area contributed by atoms with Crippen molar-refractivity contribution in [2.75, 3.05) is 19.3 Å². The number of nitrogens with two attached hydrogens (primary N) is 1. The van der Waals surface area contributed by atoms with Gasteiger partial charge in [-0.2, -0.15) is 0 Å². The van der Waals surface area contributed by atoms with Gasteiger partial charge < -0.3 is 10.6 Å². The summed E-state index contributed by atoms with van der Waals surface area (Å²) < 4.78 is 0.712. The molecule has 0 heterocycles. The van der Waals surface area contributed by atoms with Crippen LogP contribution < -0.4 is 5.73 Å². The molecule has 0 aliphatic heterocycles. The summed E-state index contributed by atoms with van der Waals surface area (Å²) in [7, 11) is 2.02. The van der Waals surface area contributed by atoms with E-state index in [0.29, 0.717) is 22.3 Å². The Labute approximate surface area is 115 Å². The molecule has 0 saturated carbocycles. The Morgan fingerprint density at radius 2 is 2.18 bits per heavy atom. The first-order valence-corrected chi connectivity index (χ1v) is 6.59. The molecule has 0 saturated heterocycles. The highest BCUT2D eigenvalue weighted by molar-refractivity contribution is 9.10. The van der Waals surface area contributed by atoms with Crippen molar-refractivity contribution in [3.8, 4) is 0 Å². The first-order valence-electron chi connectivity index (χ1n) is 5.42. The minimum absolute atomic E-state index is 0.465. The Morgan fingerprint density at radius 3 is 2.71 bits per heavy atom. The molecule has 1 rings (SSSR count). The normalized spacial score (nSPS) is 10.9. The third kappa shape index (κ3) is 3.98. The average molecular weight is 320 g/mol. The molecule has 0 fully saturated rings. The zero-order valence-electron chi connectivity index (χ0n) is 9.96. The second kappa shape index (κ2) is 6.38. The van der Waals surface area contributed by atoms with Gasteiger partial charge in [-0.15, -0.1) is 0 Å². The second-order valence-corrected chi connectivity index (χ2v) is 5.24. The molecule has 0 aliphatic carbocycles. The summed E-state index contributed by atoms with van der Waals surface area (Å²) in [6.45, 7) is 3.81. The van der Waals surface area contributed by atoms with E-state index in [2.05, 4.69) is 27.8 Å². The topological polar surface area (TPSA) is 46.3 Å². The molecule has 0 aliphatic rings. The van der Waals surface area contributed by atoms with Crippen LogP contribution in [-0.2, 0) is 6.54 Å². The SMILES string of the molecule is CCCN(C)Cc1cc(C(=O)Cl)cc(Br)c1N. The molecule has 0 aromatic heterocycles. The number of carbonyl (C=O) groups is 1. The van der Waals surface area contributed by atoms with Crippen molar-refractivity contribution < 1.29 is 4.79 Å². The van der Waals surface area contributed by atoms with Crippen LogP contribution >= 0.6 is 27.5 Å². The van der Waals surface area contributed by atoms with Crippen molar-refractivity contribution >= 4 is 38.5 Å². The van der Waals surface area contributed by atoms with E-state index in [4.69, 9.17) is 17.3 Å². The lowest BCUT2D eigenvalue weighted by Gasteiger charge is -2.18. The van der Waals surface area contributed by atoms with E-state index in [1.54, 1.807) is 12.1 Å². The molecular weight excluding hydrogens is 304 g/mol. The van der Waals surface area contributed by atoms with Crippen LogP contribution in [0.25, 0.3) is 0 Å². The Morgan fingerprint density at radius 1 is 1.53 bits per heavy atom. The van der Waals surface area contributed by atoms with Crippen molar-refractivity contribution in [1.82, 2.24) is 4.90 Å². The van der Waals surface area contributed by atoms with Crippen LogP contribution in [0.15, 0.2) is 16.6 Å². The summed E-state index contributed by atoms with van der Waals surface area (Å²) in [5.74, 6) is 0. The number of nitrogen functional groups attached to an aromatic ring is 1. The molecule has 1 aromatic rings. The third-order valence-electron chi connectivity index (χ3n) is 2.49.